The number of phenolic OH excluding ortho intramolecular Hbond substituents is 1. The largest absolute Gasteiger partial charge is 0.507 e. The highest BCUT2D eigenvalue weighted by Gasteiger charge is 2.18. The molecule has 3 N–H and O–H groups in total. The molecular formula is C13H18N2O4. The number of piperazine rings is 1. The first-order chi connectivity index (χ1) is 9.11. The van der Waals surface area contributed by atoms with Gasteiger partial charge >= 0.3 is 5.97 Å². The zero-order valence-corrected chi connectivity index (χ0v) is 10.8. The molecule has 0 saturated carbocycles. The molecule has 0 atom stereocenters. The Kier molecular flexibility index (Phi) is 4.24. The van der Waals surface area contributed by atoms with Gasteiger partial charge < -0.3 is 20.3 Å². The lowest BCUT2D eigenvalue weighted by Gasteiger charge is -2.27. The SMILES string of the molecule is COc1cc(O)c(CN2CCNCC2)cc1C(=O)O. The topological polar surface area (TPSA) is 82.0 Å². The number of nitrogens with one attached hydrogen (secondary N) is 1. The Bertz CT molecular complexity index is 470. The lowest BCUT2D eigenvalue weighted by Crippen LogP contribution is -2.42. The van der Waals surface area contributed by atoms with Crippen molar-refractivity contribution < 1.29 is 19.7 Å². The van der Waals surface area contributed by atoms with Gasteiger partial charge in [0.2, 0.25) is 0 Å². The molecule has 0 spiro atoms. The van der Waals surface area contributed by atoms with E-state index in [1.807, 2.05) is 0 Å². The van der Waals surface area contributed by atoms with Crippen LogP contribution in [0, 0.1) is 0 Å². The van der Waals surface area contributed by atoms with Crippen LogP contribution in [0.5, 0.6) is 11.5 Å². The Balaban J connectivity index is 2.24. The third-order valence-electron chi connectivity index (χ3n) is 3.23. The van der Waals surface area contributed by atoms with Gasteiger partial charge in [-0.1, -0.05) is 0 Å². The van der Waals surface area contributed by atoms with E-state index in [1.165, 1.54) is 19.2 Å². The van der Waals surface area contributed by atoms with E-state index in [0.29, 0.717) is 12.1 Å². The van der Waals surface area contributed by atoms with Crippen molar-refractivity contribution in [2.75, 3.05) is 33.3 Å². The summed E-state index contributed by atoms with van der Waals surface area (Å²) in [4.78, 5) is 13.3. The van der Waals surface area contributed by atoms with Crippen LogP contribution in [0.15, 0.2) is 12.1 Å². The Morgan fingerprint density at radius 3 is 2.68 bits per heavy atom. The van der Waals surface area contributed by atoms with E-state index in [2.05, 4.69) is 10.2 Å². The van der Waals surface area contributed by atoms with Crippen molar-refractivity contribution in [3.63, 3.8) is 0 Å². The lowest BCUT2D eigenvalue weighted by molar-refractivity contribution is 0.0693. The maximum absolute atomic E-state index is 11.2. The van der Waals surface area contributed by atoms with E-state index in [9.17, 15) is 9.90 Å². The van der Waals surface area contributed by atoms with Gasteiger partial charge in [0.25, 0.3) is 0 Å². The summed E-state index contributed by atoms with van der Waals surface area (Å²) in [7, 11) is 1.39. The number of benzene rings is 1. The van der Waals surface area contributed by atoms with Crippen molar-refractivity contribution in [3.05, 3.63) is 23.3 Å². The number of carboxylic acids is 1. The predicted molar refractivity (Wildman–Crippen MR) is 69.8 cm³/mol. The molecular weight excluding hydrogens is 248 g/mol. The fourth-order valence-corrected chi connectivity index (χ4v) is 2.19. The highest BCUT2D eigenvalue weighted by molar-refractivity contribution is 5.91. The number of hydrogen-bond donors (Lipinski definition) is 3. The van der Waals surface area contributed by atoms with E-state index in [1.54, 1.807) is 0 Å². The van der Waals surface area contributed by atoms with Crippen LogP contribution in [0.4, 0.5) is 0 Å². The molecule has 6 nitrogen and oxygen atoms in total. The molecule has 1 fully saturated rings. The zero-order valence-electron chi connectivity index (χ0n) is 10.8. The molecule has 0 amide bonds. The Morgan fingerprint density at radius 1 is 1.42 bits per heavy atom. The smallest absolute Gasteiger partial charge is 0.339 e. The van der Waals surface area contributed by atoms with Crippen molar-refractivity contribution in [1.29, 1.82) is 0 Å². The third-order valence-corrected chi connectivity index (χ3v) is 3.23. The van der Waals surface area contributed by atoms with E-state index in [4.69, 9.17) is 9.84 Å². The van der Waals surface area contributed by atoms with E-state index in [-0.39, 0.29) is 17.1 Å². The molecule has 0 unspecified atom stereocenters. The molecule has 0 aromatic heterocycles. The van der Waals surface area contributed by atoms with Gasteiger partial charge in [-0.2, -0.15) is 0 Å². The maximum Gasteiger partial charge on any atom is 0.339 e. The summed E-state index contributed by atoms with van der Waals surface area (Å²) in [6.07, 6.45) is 0. The summed E-state index contributed by atoms with van der Waals surface area (Å²) in [5.41, 5.74) is 0.686. The van der Waals surface area contributed by atoms with Gasteiger partial charge in [-0.3, -0.25) is 4.90 Å². The van der Waals surface area contributed by atoms with E-state index in [0.717, 1.165) is 26.2 Å². The molecule has 19 heavy (non-hydrogen) atoms. The first kappa shape index (κ1) is 13.6. The van der Waals surface area contributed by atoms with Gasteiger partial charge in [0.15, 0.2) is 0 Å². The summed E-state index contributed by atoms with van der Waals surface area (Å²) in [5.74, 6) is -0.812. The van der Waals surface area contributed by atoms with Crippen molar-refractivity contribution in [2.45, 2.75) is 6.54 Å². The number of carbonyl (C=O) groups is 1. The first-order valence-corrected chi connectivity index (χ1v) is 6.18. The second-order valence-electron chi connectivity index (χ2n) is 4.51. The summed E-state index contributed by atoms with van der Waals surface area (Å²) in [6.45, 7) is 4.12. The second-order valence-corrected chi connectivity index (χ2v) is 4.51. The van der Waals surface area contributed by atoms with Crippen molar-refractivity contribution in [2.24, 2.45) is 0 Å². The standard InChI is InChI=1S/C13H18N2O4/c1-19-12-7-11(16)9(6-10(12)13(17)18)8-15-4-2-14-3-5-15/h6-7,14,16H,2-5,8H2,1H3,(H,17,18). The summed E-state index contributed by atoms with van der Waals surface area (Å²) in [6, 6.07) is 2.85. The number of carboxylic acid groups (broad SMARTS) is 1. The predicted octanol–water partition coefficient (Wildman–Crippen LogP) is 0.504. The van der Waals surface area contributed by atoms with E-state index < -0.39 is 5.97 Å². The third kappa shape index (κ3) is 3.15. The lowest BCUT2D eigenvalue weighted by atomic mass is 10.1. The molecule has 0 bridgehead atoms. The van der Waals surface area contributed by atoms with Gasteiger partial charge in [-0.05, 0) is 6.07 Å². The Morgan fingerprint density at radius 2 is 2.11 bits per heavy atom. The molecule has 1 heterocycles. The number of hydrogen-bond acceptors (Lipinski definition) is 5. The maximum atomic E-state index is 11.2. The normalized spacial score (nSPS) is 16.3. The van der Waals surface area contributed by atoms with Crippen molar-refractivity contribution >= 4 is 5.97 Å². The average molecular weight is 266 g/mol. The minimum Gasteiger partial charge on any atom is -0.507 e. The van der Waals surface area contributed by atoms with Crippen molar-refractivity contribution in [3.8, 4) is 11.5 Å². The molecule has 104 valence electrons. The van der Waals surface area contributed by atoms with Crippen LogP contribution in [-0.2, 0) is 6.54 Å². The second kappa shape index (κ2) is 5.90. The van der Waals surface area contributed by atoms with Crippen LogP contribution in [0.25, 0.3) is 0 Å². The summed E-state index contributed by atoms with van der Waals surface area (Å²) >= 11 is 0. The Labute approximate surface area is 111 Å². The summed E-state index contributed by atoms with van der Waals surface area (Å²) in [5, 5.41) is 22.3. The minimum absolute atomic E-state index is 0.0698. The van der Waals surface area contributed by atoms with Crippen LogP contribution >= 0.6 is 0 Å². The molecule has 0 aliphatic carbocycles. The zero-order chi connectivity index (χ0) is 13.8. The van der Waals surface area contributed by atoms with Gasteiger partial charge in [0.05, 0.1) is 7.11 Å². The number of methoxy groups -OCH3 is 1. The molecule has 1 aliphatic heterocycles. The molecule has 6 heteroatoms. The molecule has 1 aromatic carbocycles. The van der Waals surface area contributed by atoms with Crippen molar-refractivity contribution in [1.82, 2.24) is 10.2 Å². The number of rotatable bonds is 4. The fraction of sp³-hybridized carbons (Fsp3) is 0.462. The van der Waals surface area contributed by atoms with Crippen LogP contribution in [0.2, 0.25) is 0 Å². The highest BCUT2D eigenvalue weighted by Crippen LogP contribution is 2.29. The highest BCUT2D eigenvalue weighted by atomic mass is 16.5. The van der Waals surface area contributed by atoms with Crippen LogP contribution in [-0.4, -0.2) is 54.4 Å². The fourth-order valence-electron chi connectivity index (χ4n) is 2.19. The van der Waals surface area contributed by atoms with Gasteiger partial charge in [0.1, 0.15) is 17.1 Å². The first-order valence-electron chi connectivity index (χ1n) is 6.18. The number of ether oxygens (including phenoxy) is 1. The number of aromatic carboxylic acids is 1. The monoisotopic (exact) mass is 266 g/mol. The quantitative estimate of drug-likeness (QED) is 0.736. The van der Waals surface area contributed by atoms with E-state index >= 15 is 0 Å². The minimum atomic E-state index is -1.06. The number of nitrogens with zero attached hydrogens (tertiary/aromatic N) is 1. The molecule has 1 aromatic rings. The Hall–Kier alpha value is -1.79. The van der Waals surface area contributed by atoms with Gasteiger partial charge in [-0.15, -0.1) is 0 Å². The summed E-state index contributed by atoms with van der Waals surface area (Å²) < 4.78 is 4.97. The molecule has 1 saturated heterocycles. The number of aromatic hydroxyl groups is 1. The van der Waals surface area contributed by atoms with Crippen LogP contribution in [0.1, 0.15) is 15.9 Å². The molecule has 0 radical (unpaired) electrons. The van der Waals surface area contributed by atoms with Gasteiger partial charge in [0, 0.05) is 44.4 Å². The average Bonchev–Trinajstić information content (AvgIpc) is 2.41. The van der Waals surface area contributed by atoms with Crippen LogP contribution < -0.4 is 10.1 Å². The van der Waals surface area contributed by atoms with Crippen LogP contribution in [0.3, 0.4) is 0 Å². The molecule has 2 rings (SSSR count). The van der Waals surface area contributed by atoms with Gasteiger partial charge in [-0.25, -0.2) is 4.79 Å². The number of phenols is 1. The molecule has 1 aliphatic rings.